The second-order valence-corrected chi connectivity index (χ2v) is 5.67. The molecular weight excluding hydrogens is 254 g/mol. The summed E-state index contributed by atoms with van der Waals surface area (Å²) < 4.78 is 11.1. The number of nitrogens with one attached hydrogen (secondary N) is 1. The topological polar surface area (TPSA) is 54.6 Å². The molecule has 108 valence electrons. The van der Waals surface area contributed by atoms with E-state index < -0.39 is 0 Å². The number of aliphatic hydroxyl groups excluding tert-OH is 1. The predicted octanol–water partition coefficient (Wildman–Crippen LogP) is 2.69. The zero-order chi connectivity index (χ0) is 14.0. The van der Waals surface area contributed by atoms with E-state index in [-0.39, 0.29) is 6.61 Å². The van der Waals surface area contributed by atoms with E-state index in [1.54, 1.807) is 7.11 Å². The van der Waals surface area contributed by atoms with Crippen molar-refractivity contribution in [1.82, 2.24) is 5.32 Å². The number of ether oxygens (including phenoxy) is 1. The first-order valence-electron chi connectivity index (χ1n) is 7.13. The quantitative estimate of drug-likeness (QED) is 0.815. The van der Waals surface area contributed by atoms with Crippen LogP contribution in [0.2, 0.25) is 0 Å². The minimum atomic E-state index is 0.281. The van der Waals surface area contributed by atoms with Crippen molar-refractivity contribution in [3.63, 3.8) is 0 Å². The summed E-state index contributed by atoms with van der Waals surface area (Å²) in [5.74, 6) is 1.69. The van der Waals surface area contributed by atoms with E-state index in [1.807, 2.05) is 18.2 Å². The summed E-state index contributed by atoms with van der Waals surface area (Å²) in [5.41, 5.74) is 1.14. The van der Waals surface area contributed by atoms with E-state index in [9.17, 15) is 0 Å². The lowest BCUT2D eigenvalue weighted by atomic mass is 10.0. The minimum Gasteiger partial charge on any atom is -0.493 e. The molecular formula is C16H21NO3. The zero-order valence-corrected chi connectivity index (χ0v) is 11.8. The standard InChI is InChI=1S/C16H21NO3/c1-19-14-4-2-3-12-9-13(20-15(12)14)10-17-11-16(5-6-16)7-8-18/h2-4,9,17-18H,5-8,10-11H2,1H3. The number of hydrogen-bond donors (Lipinski definition) is 2. The molecule has 1 heterocycles. The maximum absolute atomic E-state index is 9.05. The number of benzene rings is 1. The fourth-order valence-corrected chi connectivity index (χ4v) is 2.72. The van der Waals surface area contributed by atoms with E-state index in [4.69, 9.17) is 14.3 Å². The number of hydrogen-bond acceptors (Lipinski definition) is 4. The summed E-state index contributed by atoms with van der Waals surface area (Å²) >= 11 is 0. The molecule has 3 rings (SSSR count). The number of methoxy groups -OCH3 is 1. The number of furan rings is 1. The second-order valence-electron chi connectivity index (χ2n) is 5.67. The van der Waals surface area contributed by atoms with Crippen LogP contribution in [-0.2, 0) is 6.54 Å². The van der Waals surface area contributed by atoms with Crippen molar-refractivity contribution in [2.75, 3.05) is 20.3 Å². The number of para-hydroxylation sites is 1. The van der Waals surface area contributed by atoms with Gasteiger partial charge in [-0.1, -0.05) is 12.1 Å². The third kappa shape index (κ3) is 2.67. The Labute approximate surface area is 118 Å². The molecule has 1 aromatic carbocycles. The Kier molecular flexibility index (Phi) is 3.68. The zero-order valence-electron chi connectivity index (χ0n) is 11.8. The summed E-state index contributed by atoms with van der Waals surface area (Å²) in [4.78, 5) is 0. The van der Waals surface area contributed by atoms with E-state index in [0.717, 1.165) is 35.4 Å². The predicted molar refractivity (Wildman–Crippen MR) is 77.8 cm³/mol. The van der Waals surface area contributed by atoms with E-state index >= 15 is 0 Å². The fourth-order valence-electron chi connectivity index (χ4n) is 2.72. The molecule has 1 fully saturated rings. The Hall–Kier alpha value is -1.52. The van der Waals surface area contributed by atoms with Gasteiger partial charge in [0.2, 0.25) is 0 Å². The third-order valence-corrected chi connectivity index (χ3v) is 4.18. The molecule has 2 aromatic rings. The van der Waals surface area contributed by atoms with Gasteiger partial charge in [0.05, 0.1) is 13.7 Å². The average molecular weight is 275 g/mol. The summed E-state index contributed by atoms with van der Waals surface area (Å²) in [6, 6.07) is 7.95. The van der Waals surface area contributed by atoms with Crippen LogP contribution in [0, 0.1) is 5.41 Å². The molecule has 4 heteroatoms. The van der Waals surface area contributed by atoms with Gasteiger partial charge in [0.1, 0.15) is 5.76 Å². The fraction of sp³-hybridized carbons (Fsp3) is 0.500. The Morgan fingerprint density at radius 2 is 2.25 bits per heavy atom. The van der Waals surface area contributed by atoms with Crippen molar-refractivity contribution in [1.29, 1.82) is 0 Å². The molecule has 2 N–H and O–H groups in total. The van der Waals surface area contributed by atoms with Crippen LogP contribution in [-0.4, -0.2) is 25.4 Å². The maximum atomic E-state index is 9.05. The molecule has 0 spiro atoms. The molecule has 0 unspecified atom stereocenters. The Morgan fingerprint density at radius 3 is 2.95 bits per heavy atom. The monoisotopic (exact) mass is 275 g/mol. The normalized spacial score (nSPS) is 16.5. The second kappa shape index (κ2) is 5.46. The molecule has 1 aromatic heterocycles. The molecule has 20 heavy (non-hydrogen) atoms. The van der Waals surface area contributed by atoms with Gasteiger partial charge in [-0.25, -0.2) is 0 Å². The first-order chi connectivity index (χ1) is 9.76. The van der Waals surface area contributed by atoms with Gasteiger partial charge in [0, 0.05) is 18.5 Å². The van der Waals surface area contributed by atoms with Crippen LogP contribution in [0.25, 0.3) is 11.0 Å². The highest BCUT2D eigenvalue weighted by Crippen LogP contribution is 2.47. The van der Waals surface area contributed by atoms with Crippen LogP contribution in [0.15, 0.2) is 28.7 Å². The van der Waals surface area contributed by atoms with Gasteiger partial charge < -0.3 is 19.6 Å². The van der Waals surface area contributed by atoms with Crippen LogP contribution in [0.4, 0.5) is 0 Å². The Balaban J connectivity index is 1.63. The van der Waals surface area contributed by atoms with E-state index in [0.29, 0.717) is 12.0 Å². The molecule has 4 nitrogen and oxygen atoms in total. The summed E-state index contributed by atoms with van der Waals surface area (Å²) in [7, 11) is 1.65. The highest BCUT2D eigenvalue weighted by atomic mass is 16.5. The first-order valence-corrected chi connectivity index (χ1v) is 7.13. The van der Waals surface area contributed by atoms with Gasteiger partial charge in [0.15, 0.2) is 11.3 Å². The number of fused-ring (bicyclic) bond motifs is 1. The van der Waals surface area contributed by atoms with Gasteiger partial charge in [0.25, 0.3) is 0 Å². The molecule has 1 aliphatic carbocycles. The molecule has 0 aliphatic heterocycles. The third-order valence-electron chi connectivity index (χ3n) is 4.18. The van der Waals surface area contributed by atoms with Gasteiger partial charge in [-0.3, -0.25) is 0 Å². The van der Waals surface area contributed by atoms with Crippen LogP contribution < -0.4 is 10.1 Å². The summed E-state index contributed by atoms with van der Waals surface area (Å²) in [5, 5.41) is 13.6. The van der Waals surface area contributed by atoms with E-state index in [1.165, 1.54) is 12.8 Å². The van der Waals surface area contributed by atoms with Crippen LogP contribution in [0.3, 0.4) is 0 Å². The van der Waals surface area contributed by atoms with Gasteiger partial charge >= 0.3 is 0 Å². The van der Waals surface area contributed by atoms with Crippen molar-refractivity contribution >= 4 is 11.0 Å². The van der Waals surface area contributed by atoms with Gasteiger partial charge in [-0.05, 0) is 36.8 Å². The molecule has 1 aliphatic rings. The average Bonchev–Trinajstić information content (AvgIpc) is 3.08. The maximum Gasteiger partial charge on any atom is 0.176 e. The largest absolute Gasteiger partial charge is 0.493 e. The minimum absolute atomic E-state index is 0.281. The summed E-state index contributed by atoms with van der Waals surface area (Å²) in [6.45, 7) is 1.94. The highest BCUT2D eigenvalue weighted by molar-refractivity contribution is 5.83. The van der Waals surface area contributed by atoms with Gasteiger partial charge in [-0.15, -0.1) is 0 Å². The van der Waals surface area contributed by atoms with E-state index in [2.05, 4.69) is 11.4 Å². The molecule has 1 saturated carbocycles. The Morgan fingerprint density at radius 1 is 1.40 bits per heavy atom. The number of rotatable bonds is 7. The van der Waals surface area contributed by atoms with Crippen LogP contribution >= 0.6 is 0 Å². The Bertz CT molecular complexity index is 586. The highest BCUT2D eigenvalue weighted by Gasteiger charge is 2.41. The lowest BCUT2D eigenvalue weighted by Crippen LogP contribution is -2.24. The molecule has 0 atom stereocenters. The molecule has 0 bridgehead atoms. The first kappa shape index (κ1) is 13.5. The van der Waals surface area contributed by atoms with Gasteiger partial charge in [-0.2, -0.15) is 0 Å². The SMILES string of the molecule is COc1cccc2cc(CNCC3(CCO)CC3)oc12. The lowest BCUT2D eigenvalue weighted by Gasteiger charge is -2.13. The number of aliphatic hydroxyl groups is 1. The van der Waals surface area contributed by atoms with Crippen LogP contribution in [0.5, 0.6) is 5.75 Å². The summed E-state index contributed by atoms with van der Waals surface area (Å²) in [6.07, 6.45) is 3.33. The lowest BCUT2D eigenvalue weighted by molar-refractivity contribution is 0.244. The molecule has 0 saturated heterocycles. The molecule has 0 amide bonds. The smallest absolute Gasteiger partial charge is 0.176 e. The van der Waals surface area contributed by atoms with Crippen molar-refractivity contribution in [3.05, 3.63) is 30.0 Å². The van der Waals surface area contributed by atoms with Crippen molar-refractivity contribution < 1.29 is 14.3 Å². The van der Waals surface area contributed by atoms with Crippen molar-refractivity contribution in [2.45, 2.75) is 25.8 Å². The van der Waals surface area contributed by atoms with Crippen molar-refractivity contribution in [3.8, 4) is 5.75 Å². The van der Waals surface area contributed by atoms with Crippen LogP contribution in [0.1, 0.15) is 25.0 Å². The van der Waals surface area contributed by atoms with Crippen molar-refractivity contribution in [2.24, 2.45) is 5.41 Å². The molecule has 0 radical (unpaired) electrons.